The van der Waals surface area contributed by atoms with Crippen molar-refractivity contribution in [3.8, 4) is 51.6 Å². The lowest BCUT2D eigenvalue weighted by molar-refractivity contribution is -0.125. The Hall–Kier alpha value is -14.3. The van der Waals surface area contributed by atoms with Crippen LogP contribution in [0.3, 0.4) is 0 Å². The molecule has 6 aromatic carbocycles. The quantitative estimate of drug-likeness (QED) is 0.0473. The van der Waals surface area contributed by atoms with E-state index in [1.165, 1.54) is 64.8 Å². The van der Waals surface area contributed by atoms with E-state index in [1.54, 1.807) is 89.2 Å². The summed E-state index contributed by atoms with van der Waals surface area (Å²) in [5, 5.41) is 0. The molecule has 2 aliphatic carbocycles. The van der Waals surface area contributed by atoms with Gasteiger partial charge in [0.2, 0.25) is 17.7 Å². The zero-order valence-electron chi connectivity index (χ0n) is 67.4. The van der Waals surface area contributed by atoms with Crippen molar-refractivity contribution in [3.05, 3.63) is 275 Å². The highest BCUT2D eigenvalue weighted by atomic mass is 16.5. The number of carbonyl (C=O) groups excluding carboxylic acids is 3. The number of anilines is 4. The number of nitrogens with two attached hydrogens (primary N) is 3. The van der Waals surface area contributed by atoms with Gasteiger partial charge in [-0.3, -0.25) is 51.6 Å². The summed E-state index contributed by atoms with van der Waals surface area (Å²) in [4.78, 5) is 122. The Morgan fingerprint density at radius 3 is 0.984 bits per heavy atom. The summed E-state index contributed by atoms with van der Waals surface area (Å²) in [6, 6.07) is 56.4. The summed E-state index contributed by atoms with van der Waals surface area (Å²) in [5.74, 6) is 5.37. The number of nitrogen functional groups attached to an aromatic ring is 3. The van der Waals surface area contributed by atoms with Gasteiger partial charge < -0.3 is 51.0 Å². The number of para-hydroxylation sites is 3. The minimum atomic E-state index is -0.291. The van der Waals surface area contributed by atoms with Crippen molar-refractivity contribution in [1.82, 2.24) is 86.8 Å². The van der Waals surface area contributed by atoms with E-state index in [2.05, 4.69) is 58.8 Å². The molecule has 3 aliphatic heterocycles. The van der Waals surface area contributed by atoms with E-state index in [4.69, 9.17) is 31.4 Å². The number of likely N-dealkylation sites (N-methyl/N-ethyl adjacent to an activating group) is 3. The van der Waals surface area contributed by atoms with Gasteiger partial charge >= 0.3 is 17.1 Å². The van der Waals surface area contributed by atoms with E-state index in [0.717, 1.165) is 30.4 Å². The standard InChI is InChI=1S/C31H30N8O3.C30H33N7O3.C29H31N7O3.3CH4/c1-36(26-10-5-6-17-33-26)18-7-11-27(40)37-19-16-23(20-37)39-30-28(29(32)34-21-35-30)38(31(39)41)22-12-14-25(15-13-22)42-24-8-3-2-4-9-24;1-34(21-7-5-8-21)17-6-11-26(38)35-18-16-23(19-35)37-29-27(28(31)32-20-33-29)36(30(37)39)22-12-14-25(15-13-22)40-24-9-3-2-4-10-24;1-33(20-9-10-20)16-5-8-25(37)34-17-15-22(18-34)36-28-26(27(30)31-19-32-28)35(29(36)38)21-11-13-24(14-12-21)39-23-6-3-2-4-7-23;;;/h2-15,17,21,23H,16,18-20H2,1H3,(H2,32,34,35);2-4,6,9-15,20-21,23H,5,7-8,16-19H2,1H3,(H2,31,32,33);2-8,11-14,19-20,22H,9-10,15-18H2,1H3,(H2,30,31,32);3*1H4/b11-7+;11-6+;8-5+;;;. The van der Waals surface area contributed by atoms with Gasteiger partial charge in [0, 0.05) is 102 Å². The van der Waals surface area contributed by atoms with Gasteiger partial charge in [0.25, 0.3) is 0 Å². The first-order valence-corrected chi connectivity index (χ1v) is 40.6. The molecule has 642 valence electrons. The molecule has 13 aromatic rings. The zero-order valence-corrected chi connectivity index (χ0v) is 67.4. The Kier molecular flexibility index (Phi) is 27.8. The molecule has 18 rings (SSSR count). The predicted molar refractivity (Wildman–Crippen MR) is 484 cm³/mol. The van der Waals surface area contributed by atoms with Gasteiger partial charge in [-0.15, -0.1) is 0 Å². The number of imidazole rings is 3. The summed E-state index contributed by atoms with van der Waals surface area (Å²) >= 11 is 0. The number of carbonyl (C=O) groups is 3. The number of hydrogen-bond donors (Lipinski definition) is 3. The Morgan fingerprint density at radius 2 is 0.685 bits per heavy atom. The van der Waals surface area contributed by atoms with Crippen LogP contribution in [-0.4, -0.2) is 197 Å². The number of nitrogens with zero attached hydrogens (tertiary/aromatic N) is 19. The van der Waals surface area contributed by atoms with E-state index in [0.29, 0.717) is 151 Å². The highest BCUT2D eigenvalue weighted by Crippen LogP contribution is 2.35. The Labute approximate surface area is 718 Å². The maximum absolute atomic E-state index is 13.9. The molecule has 124 heavy (non-hydrogen) atoms. The highest BCUT2D eigenvalue weighted by Gasteiger charge is 2.36. The number of amides is 3. The number of hydrogen-bond acceptors (Lipinski definition) is 22. The van der Waals surface area contributed by atoms with Crippen molar-refractivity contribution < 1.29 is 28.6 Å². The summed E-state index contributed by atoms with van der Waals surface area (Å²) in [5.41, 5.74) is 22.5. The fourth-order valence-electron chi connectivity index (χ4n) is 15.8. The second-order valence-corrected chi connectivity index (χ2v) is 30.6. The molecule has 10 heterocycles. The normalized spacial score (nSPS) is 16.3. The monoisotopic (exact) mass is 1670 g/mol. The van der Waals surface area contributed by atoms with Crippen LogP contribution >= 0.6 is 0 Å². The number of aromatic nitrogens is 13. The molecule has 3 unspecified atom stereocenters. The second kappa shape index (κ2) is 39.5. The first kappa shape index (κ1) is 87.5. The third-order valence-corrected chi connectivity index (χ3v) is 22.6. The van der Waals surface area contributed by atoms with Crippen molar-refractivity contribution in [3.63, 3.8) is 0 Å². The van der Waals surface area contributed by atoms with Crippen molar-refractivity contribution in [2.45, 2.75) is 104 Å². The molecule has 31 heteroatoms. The second-order valence-electron chi connectivity index (χ2n) is 30.6. The number of ether oxygens (including phenoxy) is 3. The van der Waals surface area contributed by atoms with Crippen LogP contribution in [0.2, 0.25) is 0 Å². The average molecular weight is 1680 g/mol. The van der Waals surface area contributed by atoms with Crippen molar-refractivity contribution in [2.75, 3.05) is 102 Å². The van der Waals surface area contributed by atoms with Gasteiger partial charge in [-0.05, 0) is 180 Å². The van der Waals surface area contributed by atoms with Crippen LogP contribution in [0.25, 0.3) is 50.6 Å². The summed E-state index contributed by atoms with van der Waals surface area (Å²) in [6.07, 6.45) is 24.5. The van der Waals surface area contributed by atoms with E-state index in [1.807, 2.05) is 176 Å². The van der Waals surface area contributed by atoms with Crippen LogP contribution in [0.5, 0.6) is 34.5 Å². The number of likely N-dealkylation sites (tertiary alicyclic amines) is 3. The van der Waals surface area contributed by atoms with Crippen molar-refractivity contribution in [1.29, 1.82) is 0 Å². The Morgan fingerprint density at radius 1 is 0.379 bits per heavy atom. The molecular weight excluding hydrogens is 1570 g/mol. The van der Waals surface area contributed by atoms with E-state index in [9.17, 15) is 28.8 Å². The molecule has 3 amide bonds. The SMILES string of the molecule is C.C.C.CN(C/C=C/C(=O)N1CCC(n2c(=O)n(-c3ccc(Oc4ccccc4)cc3)c3c(N)ncnc32)C1)C1CC1.CN(C/C=C/C(=O)N1CCC(n2c(=O)n(-c3ccc(Oc4ccccc4)cc3)c3c(N)ncnc32)C1)C1CCC1.CN(C/C=C/C(=O)N1CCC(n2c(=O)n(-c3ccc(Oc4ccccc4)cc3)c3c(N)ncnc32)C1)c1ccccn1. The lowest BCUT2D eigenvalue weighted by Gasteiger charge is -2.33. The number of pyridine rings is 1. The molecule has 7 aromatic heterocycles. The third kappa shape index (κ3) is 19.3. The molecule has 0 spiro atoms. The summed E-state index contributed by atoms with van der Waals surface area (Å²) in [7, 11) is 6.10. The van der Waals surface area contributed by atoms with E-state index < -0.39 is 0 Å². The smallest absolute Gasteiger partial charge is 0.335 e. The highest BCUT2D eigenvalue weighted by molar-refractivity contribution is 5.90. The van der Waals surface area contributed by atoms with Gasteiger partial charge in [0.1, 0.15) is 75.8 Å². The van der Waals surface area contributed by atoms with Gasteiger partial charge in [0.15, 0.2) is 34.4 Å². The fourth-order valence-corrected chi connectivity index (χ4v) is 15.8. The first-order valence-electron chi connectivity index (χ1n) is 40.6. The molecule has 5 aliphatic rings. The van der Waals surface area contributed by atoms with Gasteiger partial charge in [-0.2, -0.15) is 0 Å². The molecule has 3 saturated heterocycles. The minimum Gasteiger partial charge on any atom is -0.457 e. The molecule has 6 N–H and O–H groups in total. The topological polar surface area (TPSA) is 347 Å². The molecule has 2 saturated carbocycles. The largest absolute Gasteiger partial charge is 0.457 e. The lowest BCUT2D eigenvalue weighted by atomic mass is 9.92. The number of fused-ring (bicyclic) bond motifs is 3. The molecular formula is C93H106N22O9. The zero-order chi connectivity index (χ0) is 83.6. The molecule has 5 fully saturated rings. The summed E-state index contributed by atoms with van der Waals surface area (Å²) < 4.78 is 27.2. The average Bonchev–Trinajstić information content (AvgIpc) is 1.60. The summed E-state index contributed by atoms with van der Waals surface area (Å²) in [6.45, 7) is 4.94. The molecule has 3 atom stereocenters. The third-order valence-electron chi connectivity index (χ3n) is 22.6. The maximum Gasteiger partial charge on any atom is 0.335 e. The minimum absolute atomic E-state index is 0. The van der Waals surface area contributed by atoms with Gasteiger partial charge in [0.05, 0.1) is 35.2 Å². The fraction of sp³-hybridized carbons (Fsp3) is 0.301. The first-order chi connectivity index (χ1) is 59.0. The van der Waals surface area contributed by atoms with Crippen LogP contribution in [0.15, 0.2) is 258 Å². The van der Waals surface area contributed by atoms with Crippen LogP contribution in [0, 0.1) is 0 Å². The maximum atomic E-state index is 13.9. The van der Waals surface area contributed by atoms with Gasteiger partial charge in [-0.25, -0.2) is 49.3 Å². The van der Waals surface area contributed by atoms with Crippen LogP contribution in [-0.2, 0) is 14.4 Å². The van der Waals surface area contributed by atoms with Crippen molar-refractivity contribution in [2.24, 2.45) is 0 Å². The Bertz CT molecular complexity index is 6130. The van der Waals surface area contributed by atoms with Gasteiger partial charge in [-0.1, -0.05) is 108 Å². The number of benzene rings is 6. The number of rotatable bonds is 24. The van der Waals surface area contributed by atoms with E-state index >= 15 is 0 Å². The molecule has 0 radical (unpaired) electrons. The van der Waals surface area contributed by atoms with E-state index in [-0.39, 0.29) is 92.6 Å². The Balaban J connectivity index is 0.000000158. The molecule has 31 nitrogen and oxygen atoms in total. The van der Waals surface area contributed by atoms with Crippen LogP contribution in [0.1, 0.15) is 91.8 Å². The van der Waals surface area contributed by atoms with Crippen LogP contribution < -0.4 is 53.4 Å². The lowest BCUT2D eigenvalue weighted by Crippen LogP contribution is -2.37. The predicted octanol–water partition coefficient (Wildman–Crippen LogP) is 12.9. The van der Waals surface area contributed by atoms with Crippen molar-refractivity contribution >= 4 is 74.5 Å². The van der Waals surface area contributed by atoms with Crippen LogP contribution in [0.4, 0.5) is 23.3 Å². The molecule has 0 bridgehead atoms.